The quantitative estimate of drug-likeness (QED) is 0.729. The van der Waals surface area contributed by atoms with Crippen molar-refractivity contribution in [1.82, 2.24) is 0 Å². The van der Waals surface area contributed by atoms with Gasteiger partial charge in [0, 0.05) is 12.8 Å². The van der Waals surface area contributed by atoms with Crippen LogP contribution in [-0.4, -0.2) is 24.3 Å². The van der Waals surface area contributed by atoms with E-state index >= 15 is 0 Å². The maximum Gasteiger partial charge on any atom is 0.204 e. The Balaban J connectivity index is 1.71. The summed E-state index contributed by atoms with van der Waals surface area (Å²) in [5.74, 6) is 1.60. The van der Waals surface area contributed by atoms with Gasteiger partial charge < -0.3 is 9.47 Å². The predicted molar refractivity (Wildman–Crippen MR) is 77.1 cm³/mol. The highest BCUT2D eigenvalue weighted by Gasteiger charge is 2.67. The minimum Gasteiger partial charge on any atom is -0.349 e. The molecular formula is C17H28O4. The summed E-state index contributed by atoms with van der Waals surface area (Å²) in [5, 5.41) is 0. The summed E-state index contributed by atoms with van der Waals surface area (Å²) in [4.78, 5) is 12.1. The molecule has 2 bridgehead atoms. The van der Waals surface area contributed by atoms with E-state index in [0.717, 1.165) is 32.3 Å². The van der Waals surface area contributed by atoms with E-state index in [-0.39, 0.29) is 11.9 Å². The predicted octanol–water partition coefficient (Wildman–Crippen LogP) is 3.65. The van der Waals surface area contributed by atoms with Crippen molar-refractivity contribution in [1.29, 1.82) is 0 Å². The van der Waals surface area contributed by atoms with Crippen LogP contribution in [0.3, 0.4) is 0 Å². The second kappa shape index (κ2) is 4.92. The summed E-state index contributed by atoms with van der Waals surface area (Å²) in [5.41, 5.74) is -0.354. The lowest BCUT2D eigenvalue weighted by Crippen LogP contribution is -2.67. The highest BCUT2D eigenvalue weighted by Crippen LogP contribution is 2.59. The van der Waals surface area contributed by atoms with Gasteiger partial charge in [-0.1, -0.05) is 20.8 Å². The van der Waals surface area contributed by atoms with Crippen molar-refractivity contribution in [2.75, 3.05) is 6.61 Å². The van der Waals surface area contributed by atoms with E-state index in [2.05, 4.69) is 20.8 Å². The monoisotopic (exact) mass is 296 g/mol. The number of hydrogen-bond acceptors (Lipinski definition) is 4. The van der Waals surface area contributed by atoms with Crippen LogP contribution in [0.15, 0.2) is 0 Å². The SMILES string of the molecule is CC(C)C[C@@]12CC[C@H]3[C@H](C)CC[C@H]4CCO[C@H](O1)[C@@]43OO2. The standard InChI is InChI=1S/C17H28O4/c1-11(2)10-16-8-6-14-12(3)4-5-13-7-9-18-15(19-16)17(13,14)21-20-16/h11-15H,4-10H2,1-3H3/t12-,13+,14+,15-,16+,17-/m1/s1. The van der Waals surface area contributed by atoms with E-state index in [1.54, 1.807) is 0 Å². The first-order valence-corrected chi connectivity index (χ1v) is 8.72. The van der Waals surface area contributed by atoms with Gasteiger partial charge in [-0.3, -0.25) is 0 Å². The molecule has 21 heavy (non-hydrogen) atoms. The molecular weight excluding hydrogens is 268 g/mol. The average Bonchev–Trinajstić information content (AvgIpc) is 2.68. The van der Waals surface area contributed by atoms with Crippen molar-refractivity contribution in [3.8, 4) is 0 Å². The molecule has 6 atom stereocenters. The fourth-order valence-electron chi connectivity index (χ4n) is 5.27. The Kier molecular flexibility index (Phi) is 3.38. The van der Waals surface area contributed by atoms with Crippen LogP contribution in [0, 0.1) is 23.7 Å². The minimum absolute atomic E-state index is 0.237. The van der Waals surface area contributed by atoms with Crippen LogP contribution in [0.25, 0.3) is 0 Å². The molecule has 4 nitrogen and oxygen atoms in total. The molecule has 5 aliphatic rings. The first-order chi connectivity index (χ1) is 10.1. The normalized spacial score (nSPS) is 52.6. The Labute approximate surface area is 127 Å². The van der Waals surface area contributed by atoms with Crippen LogP contribution in [0.4, 0.5) is 0 Å². The van der Waals surface area contributed by atoms with Crippen LogP contribution in [0.1, 0.15) is 59.3 Å². The summed E-state index contributed by atoms with van der Waals surface area (Å²) >= 11 is 0. The third kappa shape index (κ3) is 2.03. The zero-order valence-electron chi connectivity index (χ0n) is 13.5. The lowest BCUT2D eigenvalue weighted by atomic mass is 9.61. The topological polar surface area (TPSA) is 36.9 Å². The summed E-state index contributed by atoms with van der Waals surface area (Å²) in [6, 6.07) is 0. The zero-order chi connectivity index (χ0) is 14.7. The van der Waals surface area contributed by atoms with Gasteiger partial charge in [0.2, 0.25) is 5.79 Å². The Morgan fingerprint density at radius 3 is 2.76 bits per heavy atom. The molecule has 4 heteroatoms. The van der Waals surface area contributed by atoms with Gasteiger partial charge in [-0.25, -0.2) is 9.78 Å². The lowest BCUT2D eigenvalue weighted by molar-refractivity contribution is -0.569. The van der Waals surface area contributed by atoms with Crippen molar-refractivity contribution in [3.63, 3.8) is 0 Å². The molecule has 0 aromatic carbocycles. The van der Waals surface area contributed by atoms with E-state index in [1.165, 1.54) is 12.8 Å². The first-order valence-electron chi connectivity index (χ1n) is 8.72. The molecule has 0 unspecified atom stereocenters. The van der Waals surface area contributed by atoms with Crippen LogP contribution >= 0.6 is 0 Å². The van der Waals surface area contributed by atoms with Gasteiger partial charge in [0.15, 0.2) is 11.9 Å². The van der Waals surface area contributed by atoms with Gasteiger partial charge in [0.25, 0.3) is 0 Å². The smallest absolute Gasteiger partial charge is 0.204 e. The Bertz CT molecular complexity index is 408. The maximum atomic E-state index is 6.42. The Hall–Kier alpha value is -0.160. The molecule has 0 N–H and O–H groups in total. The van der Waals surface area contributed by atoms with Gasteiger partial charge in [-0.15, -0.1) is 0 Å². The first kappa shape index (κ1) is 14.4. The molecule has 0 amide bonds. The van der Waals surface area contributed by atoms with Crippen LogP contribution in [0.5, 0.6) is 0 Å². The molecule has 4 saturated heterocycles. The summed E-state index contributed by atoms with van der Waals surface area (Å²) < 4.78 is 12.5. The minimum atomic E-state index is -0.594. The molecule has 0 radical (unpaired) electrons. The van der Waals surface area contributed by atoms with Crippen molar-refractivity contribution in [2.45, 2.75) is 77.0 Å². The van der Waals surface area contributed by atoms with Crippen LogP contribution in [-0.2, 0) is 19.2 Å². The average molecular weight is 296 g/mol. The van der Waals surface area contributed by atoms with Crippen molar-refractivity contribution < 1.29 is 19.2 Å². The van der Waals surface area contributed by atoms with Crippen LogP contribution < -0.4 is 0 Å². The molecule has 120 valence electrons. The molecule has 1 spiro atoms. The maximum absolute atomic E-state index is 6.42. The molecule has 0 aromatic rings. The highest BCUT2D eigenvalue weighted by molar-refractivity contribution is 5.07. The number of hydrogen-bond donors (Lipinski definition) is 0. The third-order valence-corrected chi connectivity index (χ3v) is 6.19. The summed E-state index contributed by atoms with van der Waals surface area (Å²) in [6.07, 6.45) is 6.27. The molecule has 1 saturated carbocycles. The number of ether oxygens (including phenoxy) is 2. The van der Waals surface area contributed by atoms with E-state index < -0.39 is 5.79 Å². The summed E-state index contributed by atoms with van der Waals surface area (Å²) in [6.45, 7) is 7.56. The Morgan fingerprint density at radius 2 is 1.95 bits per heavy atom. The molecule has 5 fully saturated rings. The van der Waals surface area contributed by atoms with Crippen molar-refractivity contribution in [3.05, 3.63) is 0 Å². The van der Waals surface area contributed by atoms with E-state index in [4.69, 9.17) is 19.2 Å². The van der Waals surface area contributed by atoms with Gasteiger partial charge >= 0.3 is 0 Å². The number of rotatable bonds is 2. The molecule has 4 aliphatic heterocycles. The highest BCUT2D eigenvalue weighted by atomic mass is 17.3. The third-order valence-electron chi connectivity index (χ3n) is 6.19. The second-order valence-electron chi connectivity index (χ2n) is 8.03. The Morgan fingerprint density at radius 1 is 1.10 bits per heavy atom. The van der Waals surface area contributed by atoms with Crippen LogP contribution in [0.2, 0.25) is 0 Å². The zero-order valence-corrected chi connectivity index (χ0v) is 13.5. The van der Waals surface area contributed by atoms with Gasteiger partial charge in [-0.05, 0) is 49.4 Å². The van der Waals surface area contributed by atoms with Gasteiger partial charge in [0.1, 0.15) is 0 Å². The second-order valence-corrected chi connectivity index (χ2v) is 8.03. The van der Waals surface area contributed by atoms with Crippen molar-refractivity contribution in [2.24, 2.45) is 23.7 Å². The van der Waals surface area contributed by atoms with Crippen molar-refractivity contribution >= 4 is 0 Å². The van der Waals surface area contributed by atoms with Gasteiger partial charge in [0.05, 0.1) is 6.61 Å². The van der Waals surface area contributed by atoms with E-state index in [1.807, 2.05) is 0 Å². The van der Waals surface area contributed by atoms with Gasteiger partial charge in [-0.2, -0.15) is 0 Å². The largest absolute Gasteiger partial charge is 0.349 e. The number of fused-ring (bicyclic) bond motifs is 2. The molecule has 5 rings (SSSR count). The molecule has 1 aliphatic carbocycles. The molecule has 0 aromatic heterocycles. The van der Waals surface area contributed by atoms with E-state index in [9.17, 15) is 0 Å². The lowest BCUT2D eigenvalue weighted by Gasteiger charge is -2.57. The fourth-order valence-corrected chi connectivity index (χ4v) is 5.27. The fraction of sp³-hybridized carbons (Fsp3) is 1.00. The summed E-state index contributed by atoms with van der Waals surface area (Å²) in [7, 11) is 0. The van der Waals surface area contributed by atoms with E-state index in [0.29, 0.717) is 23.7 Å². The molecule has 4 heterocycles.